The third-order valence-corrected chi connectivity index (χ3v) is 2.98. The number of aryl methyl sites for hydroxylation is 2. The van der Waals surface area contributed by atoms with Crippen LogP contribution in [0.3, 0.4) is 0 Å². The first-order chi connectivity index (χ1) is 6.88. The van der Waals surface area contributed by atoms with Gasteiger partial charge in [-0.25, -0.2) is 12.9 Å². The number of rotatable bonds is 1. The molecular formula is C8H8ClN3O2S. The van der Waals surface area contributed by atoms with E-state index in [0.717, 1.165) is 11.3 Å². The van der Waals surface area contributed by atoms with Crippen LogP contribution in [0, 0.1) is 13.8 Å². The zero-order valence-electron chi connectivity index (χ0n) is 8.10. The highest BCUT2D eigenvalue weighted by atomic mass is 35.7. The highest BCUT2D eigenvalue weighted by Crippen LogP contribution is 2.14. The van der Waals surface area contributed by atoms with Gasteiger partial charge in [0.2, 0.25) is 0 Å². The molecule has 0 amide bonds. The predicted molar refractivity (Wildman–Crippen MR) is 55.5 cm³/mol. The molecule has 0 saturated carbocycles. The van der Waals surface area contributed by atoms with Crippen LogP contribution in [0.25, 0.3) is 5.65 Å². The molecule has 15 heavy (non-hydrogen) atoms. The fourth-order valence-corrected chi connectivity index (χ4v) is 1.97. The molecule has 0 aliphatic carbocycles. The van der Waals surface area contributed by atoms with Crippen molar-refractivity contribution in [2.75, 3.05) is 0 Å². The topological polar surface area (TPSA) is 64.3 Å². The first-order valence-corrected chi connectivity index (χ1v) is 6.47. The number of hydrogen-bond donors (Lipinski definition) is 0. The van der Waals surface area contributed by atoms with Gasteiger partial charge in [-0.2, -0.15) is 4.98 Å². The highest BCUT2D eigenvalue weighted by molar-refractivity contribution is 8.13. The monoisotopic (exact) mass is 245 g/mol. The smallest absolute Gasteiger partial charge is 0.217 e. The van der Waals surface area contributed by atoms with Crippen molar-refractivity contribution in [2.45, 2.75) is 19.0 Å². The second-order valence-corrected chi connectivity index (χ2v) is 5.74. The summed E-state index contributed by atoms with van der Waals surface area (Å²) in [5.41, 5.74) is 2.28. The van der Waals surface area contributed by atoms with E-state index >= 15 is 0 Å². The lowest BCUT2D eigenvalue weighted by molar-refractivity contribution is 0.601. The zero-order chi connectivity index (χ0) is 11.2. The fourth-order valence-electron chi connectivity index (χ4n) is 1.40. The van der Waals surface area contributed by atoms with Crippen LogP contribution in [0.5, 0.6) is 0 Å². The van der Waals surface area contributed by atoms with Crippen LogP contribution < -0.4 is 0 Å². The lowest BCUT2D eigenvalue weighted by Crippen LogP contribution is -1.96. The van der Waals surface area contributed by atoms with Crippen molar-refractivity contribution in [1.29, 1.82) is 0 Å². The molecule has 2 aromatic rings. The van der Waals surface area contributed by atoms with Crippen molar-refractivity contribution in [1.82, 2.24) is 14.6 Å². The van der Waals surface area contributed by atoms with Crippen molar-refractivity contribution in [3.05, 3.63) is 23.4 Å². The highest BCUT2D eigenvalue weighted by Gasteiger charge is 2.17. The third-order valence-electron chi connectivity index (χ3n) is 1.96. The molecule has 7 heteroatoms. The molecule has 0 aliphatic heterocycles. The number of fused-ring (bicyclic) bond motifs is 1. The Kier molecular flexibility index (Phi) is 2.20. The van der Waals surface area contributed by atoms with E-state index in [1.54, 1.807) is 6.07 Å². The van der Waals surface area contributed by atoms with Gasteiger partial charge in [-0.15, -0.1) is 5.10 Å². The molecule has 2 rings (SSSR count). The lowest BCUT2D eigenvalue weighted by Gasteiger charge is -1.98. The minimum atomic E-state index is -3.87. The molecule has 0 spiro atoms. The summed E-state index contributed by atoms with van der Waals surface area (Å²) in [6.45, 7) is 3.72. The van der Waals surface area contributed by atoms with E-state index in [0.29, 0.717) is 5.65 Å². The Balaban J connectivity index is 2.82. The Bertz CT molecular complexity index is 633. The first kappa shape index (κ1) is 10.4. The van der Waals surface area contributed by atoms with Gasteiger partial charge in [-0.05, 0) is 31.5 Å². The number of halogens is 1. The quantitative estimate of drug-likeness (QED) is 0.710. The summed E-state index contributed by atoms with van der Waals surface area (Å²) in [4.78, 5) is 3.84. The minimum absolute atomic E-state index is 0.363. The van der Waals surface area contributed by atoms with Crippen LogP contribution in [-0.4, -0.2) is 23.0 Å². The van der Waals surface area contributed by atoms with Crippen LogP contribution in [0.15, 0.2) is 17.3 Å². The molecule has 0 fully saturated rings. The Labute approximate surface area is 91.1 Å². The predicted octanol–water partition coefficient (Wildman–Crippen LogP) is 1.27. The van der Waals surface area contributed by atoms with Crippen molar-refractivity contribution in [2.24, 2.45) is 0 Å². The molecular weight excluding hydrogens is 238 g/mol. The van der Waals surface area contributed by atoms with Gasteiger partial charge in [0.1, 0.15) is 0 Å². The van der Waals surface area contributed by atoms with Crippen molar-refractivity contribution in [3.63, 3.8) is 0 Å². The SMILES string of the molecule is Cc1cc(C)n2nc(S(=O)(=O)Cl)nc2c1. The summed E-state index contributed by atoms with van der Waals surface area (Å²) in [6.07, 6.45) is 0. The number of nitrogens with zero attached hydrogens (tertiary/aromatic N) is 3. The van der Waals surface area contributed by atoms with Crippen LogP contribution in [0.1, 0.15) is 11.3 Å². The third kappa shape index (κ3) is 1.82. The second kappa shape index (κ2) is 3.18. The first-order valence-electron chi connectivity index (χ1n) is 4.16. The summed E-state index contributed by atoms with van der Waals surface area (Å²) < 4.78 is 23.5. The molecule has 0 saturated heterocycles. The van der Waals surface area contributed by atoms with E-state index in [2.05, 4.69) is 10.1 Å². The molecule has 0 N–H and O–H groups in total. The maximum Gasteiger partial charge on any atom is 0.298 e. The van der Waals surface area contributed by atoms with Crippen molar-refractivity contribution < 1.29 is 8.42 Å². The zero-order valence-corrected chi connectivity index (χ0v) is 9.67. The van der Waals surface area contributed by atoms with Crippen LogP contribution in [-0.2, 0) is 9.05 Å². The van der Waals surface area contributed by atoms with Gasteiger partial charge < -0.3 is 0 Å². The number of aromatic nitrogens is 3. The second-order valence-electron chi connectivity index (χ2n) is 3.28. The molecule has 2 heterocycles. The molecule has 0 aliphatic rings. The fraction of sp³-hybridized carbons (Fsp3) is 0.250. The molecule has 0 bridgehead atoms. The molecule has 0 radical (unpaired) electrons. The molecule has 2 aromatic heterocycles. The van der Waals surface area contributed by atoms with Gasteiger partial charge in [0, 0.05) is 16.4 Å². The Morgan fingerprint density at radius 2 is 2.00 bits per heavy atom. The standard InChI is InChI=1S/C8H8ClN3O2S/c1-5-3-6(2)12-7(4-5)10-8(11-12)15(9,13)14/h3-4H,1-2H3. The van der Waals surface area contributed by atoms with Gasteiger partial charge in [0.15, 0.2) is 5.65 Å². The Morgan fingerprint density at radius 1 is 1.33 bits per heavy atom. The molecule has 0 atom stereocenters. The molecule has 0 aromatic carbocycles. The maximum absolute atomic E-state index is 11.0. The van der Waals surface area contributed by atoms with Crippen LogP contribution >= 0.6 is 10.7 Å². The molecule has 80 valence electrons. The molecule has 5 nitrogen and oxygen atoms in total. The minimum Gasteiger partial charge on any atom is -0.217 e. The summed E-state index contributed by atoms with van der Waals surface area (Å²) in [7, 11) is 1.29. The van der Waals surface area contributed by atoms with E-state index in [9.17, 15) is 8.42 Å². The largest absolute Gasteiger partial charge is 0.298 e. The van der Waals surface area contributed by atoms with Crippen LogP contribution in [0.2, 0.25) is 0 Å². The van der Waals surface area contributed by atoms with Gasteiger partial charge in [0.05, 0.1) is 0 Å². The van der Waals surface area contributed by atoms with Gasteiger partial charge in [-0.1, -0.05) is 0 Å². The van der Waals surface area contributed by atoms with Gasteiger partial charge >= 0.3 is 0 Å². The van der Waals surface area contributed by atoms with E-state index < -0.39 is 9.05 Å². The maximum atomic E-state index is 11.0. The van der Waals surface area contributed by atoms with E-state index in [1.165, 1.54) is 4.52 Å². The normalized spacial score (nSPS) is 12.2. The Hall–Kier alpha value is -1.14. The van der Waals surface area contributed by atoms with Crippen LogP contribution in [0.4, 0.5) is 0 Å². The number of pyridine rings is 1. The van der Waals surface area contributed by atoms with Crippen molar-refractivity contribution in [3.8, 4) is 0 Å². The Morgan fingerprint density at radius 3 is 2.60 bits per heavy atom. The summed E-state index contributed by atoms with van der Waals surface area (Å²) in [6, 6.07) is 3.62. The summed E-state index contributed by atoms with van der Waals surface area (Å²) in [5.74, 6) is 0. The van der Waals surface area contributed by atoms with E-state index in [4.69, 9.17) is 10.7 Å². The molecule has 0 unspecified atom stereocenters. The lowest BCUT2D eigenvalue weighted by atomic mass is 10.2. The van der Waals surface area contributed by atoms with E-state index in [1.807, 2.05) is 19.9 Å². The average molecular weight is 246 g/mol. The van der Waals surface area contributed by atoms with E-state index in [-0.39, 0.29) is 5.16 Å². The van der Waals surface area contributed by atoms with Crippen molar-refractivity contribution >= 4 is 25.4 Å². The average Bonchev–Trinajstić information content (AvgIpc) is 2.46. The van der Waals surface area contributed by atoms with Gasteiger partial charge in [0.25, 0.3) is 14.2 Å². The number of hydrogen-bond acceptors (Lipinski definition) is 4. The van der Waals surface area contributed by atoms with Gasteiger partial charge in [-0.3, -0.25) is 0 Å². The summed E-state index contributed by atoms with van der Waals surface area (Å²) in [5, 5.41) is 3.45. The summed E-state index contributed by atoms with van der Waals surface area (Å²) >= 11 is 0.